The zero-order valence-electron chi connectivity index (χ0n) is 11.0. The quantitative estimate of drug-likeness (QED) is 0.771. The van der Waals surface area contributed by atoms with Gasteiger partial charge >= 0.3 is 5.97 Å². The maximum absolute atomic E-state index is 12.3. The fourth-order valence-electron chi connectivity index (χ4n) is 2.22. The molecule has 0 unspecified atom stereocenters. The van der Waals surface area contributed by atoms with Gasteiger partial charge in [-0.3, -0.25) is 4.79 Å². The summed E-state index contributed by atoms with van der Waals surface area (Å²) in [6.07, 6.45) is 6.35. The van der Waals surface area contributed by atoms with Crippen molar-refractivity contribution in [1.29, 1.82) is 0 Å². The number of aliphatic carboxylic acids is 1. The minimum absolute atomic E-state index is 0.0145. The van der Waals surface area contributed by atoms with Crippen LogP contribution in [0.5, 0.6) is 0 Å². The molecular weight excluding hydrogens is 218 g/mol. The lowest BCUT2D eigenvalue weighted by Gasteiger charge is -2.34. The van der Waals surface area contributed by atoms with Gasteiger partial charge in [0.15, 0.2) is 0 Å². The Hall–Kier alpha value is -1.06. The van der Waals surface area contributed by atoms with Crippen molar-refractivity contribution in [3.63, 3.8) is 0 Å². The summed E-state index contributed by atoms with van der Waals surface area (Å²) in [5.41, 5.74) is -1.12. The molecule has 1 aliphatic carbocycles. The lowest BCUT2D eigenvalue weighted by molar-refractivity contribution is -0.157. The third-order valence-corrected chi connectivity index (χ3v) is 3.90. The Morgan fingerprint density at radius 3 is 2.00 bits per heavy atom. The van der Waals surface area contributed by atoms with Crippen molar-refractivity contribution in [2.24, 2.45) is 5.92 Å². The number of carbonyl (C=O) groups excluding carboxylic acids is 1. The molecule has 0 aliphatic heterocycles. The van der Waals surface area contributed by atoms with E-state index in [-0.39, 0.29) is 11.8 Å². The number of hydrogen-bond donors (Lipinski definition) is 1. The van der Waals surface area contributed by atoms with Crippen LogP contribution in [0.15, 0.2) is 0 Å². The van der Waals surface area contributed by atoms with Crippen LogP contribution in [0.4, 0.5) is 0 Å². The fourth-order valence-corrected chi connectivity index (χ4v) is 2.22. The molecule has 17 heavy (non-hydrogen) atoms. The zero-order chi connectivity index (χ0) is 13.1. The number of rotatable bonds is 3. The number of likely N-dealkylation sites (N-methyl/N-ethyl adjacent to an activating group) is 1. The lowest BCUT2D eigenvalue weighted by atomic mass is 9.95. The van der Waals surface area contributed by atoms with Crippen LogP contribution in [-0.2, 0) is 9.59 Å². The number of carboxylic acids is 1. The molecular formula is C13H23NO3. The number of carbonyl (C=O) groups is 2. The van der Waals surface area contributed by atoms with Gasteiger partial charge in [0.05, 0.1) is 0 Å². The number of hydrogen-bond acceptors (Lipinski definition) is 2. The van der Waals surface area contributed by atoms with Crippen LogP contribution in [0, 0.1) is 5.92 Å². The monoisotopic (exact) mass is 241 g/mol. The Labute approximate surface area is 103 Å². The summed E-state index contributed by atoms with van der Waals surface area (Å²) in [5.74, 6) is -0.956. The van der Waals surface area contributed by atoms with E-state index in [1.165, 1.54) is 17.7 Å². The largest absolute Gasteiger partial charge is 0.480 e. The van der Waals surface area contributed by atoms with Crippen molar-refractivity contribution in [1.82, 2.24) is 4.90 Å². The van der Waals surface area contributed by atoms with E-state index in [9.17, 15) is 9.59 Å². The van der Waals surface area contributed by atoms with Gasteiger partial charge in [-0.1, -0.05) is 25.7 Å². The van der Waals surface area contributed by atoms with Crippen LogP contribution in [0.25, 0.3) is 0 Å². The van der Waals surface area contributed by atoms with E-state index in [2.05, 4.69) is 0 Å². The van der Waals surface area contributed by atoms with E-state index in [1.807, 2.05) is 0 Å². The molecule has 0 aromatic rings. The van der Waals surface area contributed by atoms with E-state index in [0.717, 1.165) is 25.7 Å². The summed E-state index contributed by atoms with van der Waals surface area (Å²) < 4.78 is 0. The highest BCUT2D eigenvalue weighted by molar-refractivity contribution is 5.87. The predicted molar refractivity (Wildman–Crippen MR) is 65.7 cm³/mol. The topological polar surface area (TPSA) is 57.6 Å². The highest BCUT2D eigenvalue weighted by Gasteiger charge is 2.37. The van der Waals surface area contributed by atoms with Gasteiger partial charge in [0, 0.05) is 13.0 Å². The standard InChI is InChI=1S/C13H23NO3/c1-13(2,12(16)17)14(3)11(15)10-8-6-4-5-7-9-10/h10H,4-9H2,1-3H3,(H,16,17). The van der Waals surface area contributed by atoms with Crippen molar-refractivity contribution >= 4 is 11.9 Å². The Bertz CT molecular complexity index is 291. The highest BCUT2D eigenvalue weighted by atomic mass is 16.4. The summed E-state index contributed by atoms with van der Waals surface area (Å²) in [5, 5.41) is 9.12. The second-order valence-corrected chi connectivity index (χ2v) is 5.45. The third-order valence-electron chi connectivity index (χ3n) is 3.90. The summed E-state index contributed by atoms with van der Waals surface area (Å²) in [6, 6.07) is 0. The first kappa shape index (κ1) is 14.0. The zero-order valence-corrected chi connectivity index (χ0v) is 11.0. The molecule has 1 aliphatic rings. The maximum atomic E-state index is 12.3. The molecule has 1 saturated carbocycles. The average molecular weight is 241 g/mol. The van der Waals surface area contributed by atoms with Crippen molar-refractivity contribution in [3.8, 4) is 0 Å². The van der Waals surface area contributed by atoms with Crippen LogP contribution in [0.3, 0.4) is 0 Å². The third kappa shape index (κ3) is 3.20. The molecule has 0 bridgehead atoms. The lowest BCUT2D eigenvalue weighted by Crippen LogP contribution is -2.52. The maximum Gasteiger partial charge on any atom is 0.329 e. The van der Waals surface area contributed by atoms with Gasteiger partial charge < -0.3 is 10.0 Å². The van der Waals surface area contributed by atoms with Gasteiger partial charge in [-0.15, -0.1) is 0 Å². The molecule has 0 heterocycles. The van der Waals surface area contributed by atoms with Gasteiger partial charge in [0.25, 0.3) is 0 Å². The smallest absolute Gasteiger partial charge is 0.329 e. The molecule has 1 amide bonds. The summed E-state index contributed by atoms with van der Waals surface area (Å²) >= 11 is 0. The Kier molecular flexibility index (Phi) is 4.54. The molecule has 98 valence electrons. The molecule has 0 radical (unpaired) electrons. The normalized spacial score (nSPS) is 18.5. The predicted octanol–water partition coefficient (Wildman–Crippen LogP) is 2.28. The molecule has 0 spiro atoms. The fraction of sp³-hybridized carbons (Fsp3) is 0.846. The Balaban J connectivity index is 2.71. The molecule has 0 aromatic heterocycles. The summed E-state index contributed by atoms with van der Waals surface area (Å²) in [4.78, 5) is 24.8. The first-order chi connectivity index (χ1) is 7.87. The van der Waals surface area contributed by atoms with Gasteiger partial charge in [0.1, 0.15) is 5.54 Å². The van der Waals surface area contributed by atoms with Crippen LogP contribution in [-0.4, -0.2) is 34.5 Å². The van der Waals surface area contributed by atoms with Crippen molar-refractivity contribution < 1.29 is 14.7 Å². The minimum Gasteiger partial charge on any atom is -0.480 e. The first-order valence-electron chi connectivity index (χ1n) is 6.38. The van der Waals surface area contributed by atoms with Crippen LogP contribution >= 0.6 is 0 Å². The van der Waals surface area contributed by atoms with E-state index in [4.69, 9.17) is 5.11 Å². The van der Waals surface area contributed by atoms with Gasteiger partial charge in [-0.05, 0) is 26.7 Å². The summed E-state index contributed by atoms with van der Waals surface area (Å²) in [6.45, 7) is 3.15. The second kappa shape index (κ2) is 5.52. The molecule has 4 heteroatoms. The Morgan fingerprint density at radius 1 is 1.12 bits per heavy atom. The first-order valence-corrected chi connectivity index (χ1v) is 6.38. The molecule has 4 nitrogen and oxygen atoms in total. The van der Waals surface area contributed by atoms with Gasteiger partial charge in [-0.2, -0.15) is 0 Å². The van der Waals surface area contributed by atoms with Crippen molar-refractivity contribution in [2.75, 3.05) is 7.05 Å². The van der Waals surface area contributed by atoms with E-state index in [0.29, 0.717) is 0 Å². The number of nitrogens with zero attached hydrogens (tertiary/aromatic N) is 1. The van der Waals surface area contributed by atoms with E-state index in [1.54, 1.807) is 20.9 Å². The second-order valence-electron chi connectivity index (χ2n) is 5.45. The minimum atomic E-state index is -1.12. The van der Waals surface area contributed by atoms with Crippen molar-refractivity contribution in [3.05, 3.63) is 0 Å². The van der Waals surface area contributed by atoms with Crippen LogP contribution in [0.2, 0.25) is 0 Å². The molecule has 1 N–H and O–H groups in total. The molecule has 1 fully saturated rings. The number of amides is 1. The molecule has 0 aromatic carbocycles. The van der Waals surface area contributed by atoms with Gasteiger partial charge in [-0.25, -0.2) is 4.79 Å². The molecule has 1 rings (SSSR count). The van der Waals surface area contributed by atoms with Gasteiger partial charge in [0.2, 0.25) is 5.91 Å². The highest BCUT2D eigenvalue weighted by Crippen LogP contribution is 2.26. The number of carboxylic acid groups (broad SMARTS) is 1. The van der Waals surface area contributed by atoms with E-state index < -0.39 is 11.5 Å². The molecule has 0 atom stereocenters. The molecule has 0 saturated heterocycles. The van der Waals surface area contributed by atoms with E-state index >= 15 is 0 Å². The summed E-state index contributed by atoms with van der Waals surface area (Å²) in [7, 11) is 1.60. The van der Waals surface area contributed by atoms with Crippen LogP contribution in [0.1, 0.15) is 52.4 Å². The van der Waals surface area contributed by atoms with Crippen LogP contribution < -0.4 is 0 Å². The Morgan fingerprint density at radius 2 is 1.59 bits per heavy atom. The average Bonchev–Trinajstić information content (AvgIpc) is 2.55. The SMILES string of the molecule is CN(C(=O)C1CCCCCC1)C(C)(C)C(=O)O. The van der Waals surface area contributed by atoms with Crippen molar-refractivity contribution in [2.45, 2.75) is 57.9 Å².